The molecule has 348 valence electrons. The lowest BCUT2D eigenvalue weighted by Gasteiger charge is -2.44. The monoisotopic (exact) mass is 958 g/mol. The molecule has 7 nitrogen and oxygen atoms in total. The molecular formula is C66H40B2N4O3. The molecule has 0 spiro atoms. The molecule has 75 heavy (non-hydrogen) atoms. The van der Waals surface area contributed by atoms with Gasteiger partial charge in [0.2, 0.25) is 0 Å². The summed E-state index contributed by atoms with van der Waals surface area (Å²) < 4.78 is 24.9. The highest BCUT2D eigenvalue weighted by Crippen LogP contribution is 2.50. The van der Waals surface area contributed by atoms with Crippen LogP contribution in [0.2, 0.25) is 0 Å². The van der Waals surface area contributed by atoms with Crippen LogP contribution in [-0.4, -0.2) is 18.0 Å². The highest BCUT2D eigenvalue weighted by Gasteiger charge is 2.50. The number of rotatable bonds is 6. The van der Waals surface area contributed by atoms with Crippen LogP contribution in [0.3, 0.4) is 0 Å². The average molecular weight is 959 g/mol. The third kappa shape index (κ3) is 5.72. The minimum Gasteiger partial charge on any atom is -0.458 e. The predicted molar refractivity (Wildman–Crippen MR) is 307 cm³/mol. The molecule has 12 aromatic rings. The number of hydrogen-bond donors (Lipinski definition) is 0. The van der Waals surface area contributed by atoms with E-state index in [2.05, 4.69) is 262 Å². The molecule has 5 aliphatic heterocycles. The van der Waals surface area contributed by atoms with Gasteiger partial charge in [-0.25, -0.2) is 0 Å². The summed E-state index contributed by atoms with van der Waals surface area (Å²) in [4.78, 5) is 7.12. The van der Waals surface area contributed by atoms with Crippen molar-refractivity contribution in [2.75, 3.05) is 14.7 Å². The summed E-state index contributed by atoms with van der Waals surface area (Å²) in [6, 6.07) is 86.8. The fourth-order valence-corrected chi connectivity index (χ4v) is 13.0. The first kappa shape index (κ1) is 40.7. The predicted octanol–water partition coefficient (Wildman–Crippen LogP) is 13.2. The Morgan fingerprint density at radius 3 is 1.27 bits per heavy atom. The molecular weight excluding hydrogens is 918 g/mol. The molecule has 17 rings (SSSR count). The van der Waals surface area contributed by atoms with Crippen molar-refractivity contribution in [2.45, 2.75) is 0 Å². The molecule has 0 saturated carbocycles. The third-order valence-corrected chi connectivity index (χ3v) is 16.0. The summed E-state index contributed by atoms with van der Waals surface area (Å²) in [6.07, 6.45) is 0. The Bertz CT molecular complexity index is 4290. The second kappa shape index (κ2) is 15.3. The largest absolute Gasteiger partial charge is 0.458 e. The average Bonchev–Trinajstić information content (AvgIpc) is 3.85. The molecule has 5 aliphatic rings. The zero-order valence-corrected chi connectivity index (χ0v) is 40.3. The Balaban J connectivity index is 0.954. The van der Waals surface area contributed by atoms with Crippen LogP contribution in [-0.2, 0) is 0 Å². The molecule has 11 aromatic carbocycles. The number of aromatic nitrogens is 1. The van der Waals surface area contributed by atoms with Crippen LogP contribution >= 0.6 is 0 Å². The maximum absolute atomic E-state index is 7.62. The molecule has 0 amide bonds. The number of anilines is 9. The molecule has 0 fully saturated rings. The van der Waals surface area contributed by atoms with Crippen LogP contribution in [0.25, 0.3) is 27.5 Å². The molecule has 0 radical (unpaired) electrons. The van der Waals surface area contributed by atoms with Gasteiger partial charge in [0.15, 0.2) is 0 Å². The number of benzene rings is 11. The van der Waals surface area contributed by atoms with Gasteiger partial charge in [-0.15, -0.1) is 0 Å². The van der Waals surface area contributed by atoms with Crippen molar-refractivity contribution in [2.24, 2.45) is 0 Å². The van der Waals surface area contributed by atoms with Gasteiger partial charge in [-0.05, 0) is 130 Å². The Kier molecular flexibility index (Phi) is 8.33. The summed E-state index contributed by atoms with van der Waals surface area (Å²) in [5.41, 5.74) is 19.1. The van der Waals surface area contributed by atoms with Crippen molar-refractivity contribution in [1.29, 1.82) is 0 Å². The van der Waals surface area contributed by atoms with Crippen molar-refractivity contribution < 1.29 is 14.2 Å². The van der Waals surface area contributed by atoms with Gasteiger partial charge < -0.3 is 33.5 Å². The van der Waals surface area contributed by atoms with E-state index in [1.807, 2.05) is 0 Å². The quantitative estimate of drug-likeness (QED) is 0.155. The molecule has 1 aromatic heterocycles. The van der Waals surface area contributed by atoms with E-state index in [-0.39, 0.29) is 13.4 Å². The highest BCUT2D eigenvalue weighted by atomic mass is 16.5. The Morgan fingerprint density at radius 2 is 0.733 bits per heavy atom. The van der Waals surface area contributed by atoms with E-state index < -0.39 is 0 Å². The molecule has 6 heterocycles. The van der Waals surface area contributed by atoms with Gasteiger partial charge in [-0.1, -0.05) is 127 Å². The van der Waals surface area contributed by atoms with Crippen LogP contribution in [0.5, 0.6) is 34.5 Å². The normalized spacial score (nSPS) is 13.5. The zero-order valence-electron chi connectivity index (χ0n) is 40.3. The maximum atomic E-state index is 7.62. The van der Waals surface area contributed by atoms with Gasteiger partial charge in [0.25, 0.3) is 13.4 Å². The maximum Gasteiger partial charge on any atom is 0.261 e. The summed E-state index contributed by atoms with van der Waals surface area (Å²) >= 11 is 0. The summed E-state index contributed by atoms with van der Waals surface area (Å²) in [5.74, 6) is 4.69. The van der Waals surface area contributed by atoms with E-state index in [0.717, 1.165) is 135 Å². The minimum absolute atomic E-state index is 0.245. The SMILES string of the molecule is c1ccc(N(c2ccccc2)c2cc3c4c(c2)N(c2ccccc2)c2cccc5c2B4c2cc4c(cc2O3)Oc2cc(-n3c6ccccc6c6ccccc63)cc3c2B4c2c(cccc2N3c2ccccc2)O5)cc1. The number of fused-ring (bicyclic) bond motifs is 3. The fourth-order valence-electron chi connectivity index (χ4n) is 13.0. The summed E-state index contributed by atoms with van der Waals surface area (Å²) in [6.45, 7) is -0.496. The molecule has 0 atom stereocenters. The van der Waals surface area contributed by atoms with Crippen molar-refractivity contribution in [1.82, 2.24) is 4.57 Å². The first-order valence-corrected chi connectivity index (χ1v) is 25.6. The van der Waals surface area contributed by atoms with Gasteiger partial charge in [-0.2, -0.15) is 0 Å². The summed E-state index contributed by atoms with van der Waals surface area (Å²) in [5, 5.41) is 2.41. The van der Waals surface area contributed by atoms with Crippen LogP contribution in [0, 0.1) is 0 Å². The van der Waals surface area contributed by atoms with E-state index in [9.17, 15) is 0 Å². The minimum atomic E-state index is -0.251. The van der Waals surface area contributed by atoms with Gasteiger partial charge in [-0.3, -0.25) is 0 Å². The van der Waals surface area contributed by atoms with Gasteiger partial charge in [0, 0.05) is 74.5 Å². The molecule has 0 unspecified atom stereocenters. The first-order chi connectivity index (χ1) is 37.2. The lowest BCUT2D eigenvalue weighted by molar-refractivity contribution is 0.465. The number of ether oxygens (including phenoxy) is 3. The first-order valence-electron chi connectivity index (χ1n) is 25.6. The Morgan fingerprint density at radius 1 is 0.293 bits per heavy atom. The number of nitrogens with zero attached hydrogens (tertiary/aromatic N) is 4. The lowest BCUT2D eigenvalue weighted by Crippen LogP contribution is -2.64. The lowest BCUT2D eigenvalue weighted by atomic mass is 9.30. The van der Waals surface area contributed by atoms with E-state index in [4.69, 9.17) is 14.2 Å². The Hall–Kier alpha value is -9.85. The highest BCUT2D eigenvalue weighted by molar-refractivity contribution is 7.02. The molecule has 0 N–H and O–H groups in total. The standard InChI is InChI=1S/C66H40B2N4O3/c1-5-19-41(20-6-1)69(42-21-7-2-8-22-42)45-35-55-65-61(37-45)74-59-40-60-50-39-49(59)67(65)63-53(70(55)43-23-9-3-10-24-43)31-17-33-57(63)73-58-34-18-32-54-64(58)68(50)66-56(71(54)44-25-11-4-12-26-44)36-46(38-62(66)75-60)72-51-29-15-13-27-47(51)48-28-14-16-30-52(48)72/h1-40H. The van der Waals surface area contributed by atoms with Crippen LogP contribution in [0.15, 0.2) is 243 Å². The van der Waals surface area contributed by atoms with E-state index in [0.29, 0.717) is 0 Å². The molecule has 2 bridgehead atoms. The fraction of sp³-hybridized carbons (Fsp3) is 0. The number of hydrogen-bond acceptors (Lipinski definition) is 6. The van der Waals surface area contributed by atoms with Gasteiger partial charge >= 0.3 is 0 Å². The van der Waals surface area contributed by atoms with E-state index >= 15 is 0 Å². The van der Waals surface area contributed by atoms with Crippen LogP contribution < -0.4 is 61.7 Å². The van der Waals surface area contributed by atoms with E-state index in [1.165, 1.54) is 10.8 Å². The van der Waals surface area contributed by atoms with Crippen molar-refractivity contribution in [3.63, 3.8) is 0 Å². The van der Waals surface area contributed by atoms with E-state index in [1.54, 1.807) is 0 Å². The second-order valence-corrected chi connectivity index (χ2v) is 19.9. The molecule has 0 aliphatic carbocycles. The van der Waals surface area contributed by atoms with Gasteiger partial charge in [0.05, 0.1) is 22.4 Å². The molecule has 9 heteroatoms. The topological polar surface area (TPSA) is 42.3 Å². The van der Waals surface area contributed by atoms with Crippen molar-refractivity contribution >= 4 is 119 Å². The Labute approximate surface area is 433 Å². The summed E-state index contributed by atoms with van der Waals surface area (Å²) in [7, 11) is 0. The molecule has 0 saturated heterocycles. The smallest absolute Gasteiger partial charge is 0.261 e. The third-order valence-electron chi connectivity index (χ3n) is 16.0. The second-order valence-electron chi connectivity index (χ2n) is 19.9. The van der Waals surface area contributed by atoms with Gasteiger partial charge in [0.1, 0.15) is 34.5 Å². The van der Waals surface area contributed by atoms with Crippen molar-refractivity contribution in [3.05, 3.63) is 243 Å². The van der Waals surface area contributed by atoms with Crippen LogP contribution in [0.4, 0.5) is 51.2 Å². The van der Waals surface area contributed by atoms with Crippen molar-refractivity contribution in [3.8, 4) is 40.2 Å². The zero-order chi connectivity index (χ0) is 48.9. The number of para-hydroxylation sites is 6. The van der Waals surface area contributed by atoms with Crippen LogP contribution in [0.1, 0.15) is 0 Å².